The molecular formula is C36H64N8O17S2. The highest BCUT2D eigenvalue weighted by Gasteiger charge is 2.54. The van der Waals surface area contributed by atoms with E-state index < -0.39 is 146 Å². The van der Waals surface area contributed by atoms with Gasteiger partial charge in [0.2, 0.25) is 5.91 Å². The molecule has 3 aliphatic heterocycles. The van der Waals surface area contributed by atoms with Gasteiger partial charge in [0, 0.05) is 48.1 Å². The van der Waals surface area contributed by atoms with Crippen LogP contribution in [0.3, 0.4) is 0 Å². The summed E-state index contributed by atoms with van der Waals surface area (Å²) >= 11 is 2.41. The fourth-order valence-corrected chi connectivity index (χ4v) is 9.54. The molecule has 27 heteroatoms. The molecule has 5 rings (SSSR count). The molecule has 4 aliphatic rings. The van der Waals surface area contributed by atoms with E-state index in [4.69, 9.17) is 62.8 Å². The molecule has 1 aromatic carbocycles. The Bertz CT molecular complexity index is 1590. The smallest absolute Gasteiger partial charge is 0.269 e. The summed E-state index contributed by atoms with van der Waals surface area (Å²) in [6.07, 6.45) is -21.7. The average molecular weight is 945 g/mol. The molecule has 21 N–H and O–H groups in total. The van der Waals surface area contributed by atoms with Crippen LogP contribution in [0.25, 0.3) is 0 Å². The van der Waals surface area contributed by atoms with Crippen LogP contribution >= 0.6 is 23.5 Å². The van der Waals surface area contributed by atoms with Gasteiger partial charge in [-0.1, -0.05) is 7.43 Å². The molecule has 0 bridgehead atoms. The van der Waals surface area contributed by atoms with Gasteiger partial charge in [-0.25, -0.2) is 0 Å². The maximum atomic E-state index is 12.8. The summed E-state index contributed by atoms with van der Waals surface area (Å²) in [4.78, 5) is 23.2. The van der Waals surface area contributed by atoms with Crippen molar-refractivity contribution in [1.29, 1.82) is 0 Å². The van der Waals surface area contributed by atoms with Crippen LogP contribution < -0.4 is 39.7 Å². The average Bonchev–Trinajstić information content (AvgIpc) is 3.54. The standard InChI is InChI=1S/C35H60N8O17S2.CH4/c36-6-17-25(48)27(50)21(40)33(55-17)58-30-15(39)5-14(38)24(47)32(30)60-35-29(52)31(59-34-22(41)28(51)26(49)18(7-37)56-34)19(57-35)9-61-11-62-10-20(45)42-16(8-44)23(46)12-1-3-13(4-2-12)43(53)54;/h1-4,14-19,21-35,44,46-52H,5-11,36-41H2,(H,42,45);1H4/t14?,15?,16-,17?,18?,19-,21?,22?,23-,24?,25?,26?,27?,28?,29+,30?,31?,32?,33?,34?,35+;/m1./s1. The number of nitro groups is 1. The molecular weight excluding hydrogens is 881 g/mol. The first-order valence-electron chi connectivity index (χ1n) is 19.8. The Labute approximate surface area is 371 Å². The molecule has 3 saturated heterocycles. The van der Waals surface area contributed by atoms with Crippen molar-refractivity contribution in [2.45, 2.75) is 142 Å². The number of ether oxygens (including phenoxy) is 6. The molecule has 1 saturated carbocycles. The van der Waals surface area contributed by atoms with Crippen molar-refractivity contribution in [3.8, 4) is 0 Å². The molecule has 0 aromatic heterocycles. The van der Waals surface area contributed by atoms with Crippen LogP contribution in [0.4, 0.5) is 5.69 Å². The van der Waals surface area contributed by atoms with Crippen molar-refractivity contribution in [1.82, 2.24) is 5.32 Å². The number of nitrogens with one attached hydrogen (secondary N) is 1. The number of aliphatic hydroxyl groups excluding tert-OH is 8. The first-order chi connectivity index (χ1) is 29.4. The third-order valence-corrected chi connectivity index (χ3v) is 13.6. The number of carbonyl (C=O) groups is 1. The zero-order chi connectivity index (χ0) is 45.6. The van der Waals surface area contributed by atoms with E-state index in [1.165, 1.54) is 36.0 Å². The second-order valence-electron chi connectivity index (χ2n) is 15.6. The molecule has 3 heterocycles. The predicted molar refractivity (Wildman–Crippen MR) is 225 cm³/mol. The molecule has 0 spiro atoms. The van der Waals surface area contributed by atoms with Crippen molar-refractivity contribution in [3.05, 3.63) is 39.9 Å². The van der Waals surface area contributed by atoms with E-state index in [9.17, 15) is 55.8 Å². The third-order valence-electron chi connectivity index (χ3n) is 11.2. The van der Waals surface area contributed by atoms with Gasteiger partial charge in [0.15, 0.2) is 18.9 Å². The van der Waals surface area contributed by atoms with Crippen LogP contribution in [0.5, 0.6) is 0 Å². The van der Waals surface area contributed by atoms with E-state index in [-0.39, 0.29) is 54.8 Å². The maximum Gasteiger partial charge on any atom is 0.269 e. The lowest BCUT2D eigenvalue weighted by atomic mass is 9.84. The minimum absolute atomic E-state index is 0. The number of thioether (sulfide) groups is 2. The van der Waals surface area contributed by atoms with Gasteiger partial charge < -0.3 is 109 Å². The van der Waals surface area contributed by atoms with Gasteiger partial charge in [-0.05, 0) is 24.1 Å². The maximum absolute atomic E-state index is 12.8. The van der Waals surface area contributed by atoms with Crippen LogP contribution in [-0.4, -0.2) is 210 Å². The Kier molecular flexibility index (Phi) is 20.5. The Morgan fingerprint density at radius 2 is 1.29 bits per heavy atom. The quantitative estimate of drug-likeness (QED) is 0.0265. The lowest BCUT2D eigenvalue weighted by molar-refractivity contribution is -0.384. The van der Waals surface area contributed by atoms with Crippen molar-refractivity contribution in [3.63, 3.8) is 0 Å². The second kappa shape index (κ2) is 24.1. The predicted octanol–water partition coefficient (Wildman–Crippen LogP) is -6.71. The van der Waals surface area contributed by atoms with Crippen molar-refractivity contribution in [2.75, 3.05) is 36.3 Å². The van der Waals surface area contributed by atoms with Crippen LogP contribution in [0.15, 0.2) is 24.3 Å². The Morgan fingerprint density at radius 3 is 1.81 bits per heavy atom. The number of hydrogen-bond donors (Lipinski definition) is 15. The van der Waals surface area contributed by atoms with Gasteiger partial charge in [-0.15, -0.1) is 23.5 Å². The van der Waals surface area contributed by atoms with Crippen LogP contribution in [0.1, 0.15) is 25.5 Å². The summed E-state index contributed by atoms with van der Waals surface area (Å²) in [5, 5.41) is 99.3. The van der Waals surface area contributed by atoms with Crippen molar-refractivity contribution in [2.24, 2.45) is 34.4 Å². The van der Waals surface area contributed by atoms with E-state index >= 15 is 0 Å². The minimum atomic E-state index is -1.64. The highest BCUT2D eigenvalue weighted by atomic mass is 32.2. The third kappa shape index (κ3) is 12.7. The summed E-state index contributed by atoms with van der Waals surface area (Å²) in [5.74, 6) is -0.557. The van der Waals surface area contributed by atoms with Crippen molar-refractivity contribution < 1.29 is 79.0 Å². The fourth-order valence-electron chi connectivity index (χ4n) is 7.59. The normalized spacial score (nSPS) is 40.4. The molecule has 25 nitrogen and oxygen atoms in total. The molecule has 1 aromatic rings. The number of aliphatic hydroxyl groups is 8. The summed E-state index contributed by atoms with van der Waals surface area (Å²) in [6, 6.07) is -0.510. The Balaban J connectivity index is 0.00000871. The monoisotopic (exact) mass is 944 g/mol. The number of carbonyl (C=O) groups excluding carboxylic acids is 1. The molecule has 0 radical (unpaired) electrons. The van der Waals surface area contributed by atoms with E-state index in [0.717, 1.165) is 11.8 Å². The molecule has 21 atom stereocenters. The topological polar surface area (TPSA) is 446 Å². The molecule has 63 heavy (non-hydrogen) atoms. The minimum Gasteiger partial charge on any atom is -0.394 e. The first kappa shape index (κ1) is 53.6. The lowest BCUT2D eigenvalue weighted by Crippen LogP contribution is -2.68. The fraction of sp³-hybridized carbons (Fsp3) is 0.806. The zero-order valence-corrected chi connectivity index (χ0v) is 35.0. The van der Waals surface area contributed by atoms with Gasteiger partial charge >= 0.3 is 0 Å². The molecule has 1 aliphatic carbocycles. The number of benzene rings is 1. The van der Waals surface area contributed by atoms with E-state index in [1.807, 2.05) is 0 Å². The first-order valence-corrected chi connectivity index (χ1v) is 22.1. The summed E-state index contributed by atoms with van der Waals surface area (Å²) < 4.78 is 36.1. The van der Waals surface area contributed by atoms with Gasteiger partial charge in [0.05, 0.1) is 47.6 Å². The van der Waals surface area contributed by atoms with Gasteiger partial charge in [-0.3, -0.25) is 14.9 Å². The number of nitrogens with zero attached hydrogens (tertiary/aromatic N) is 1. The number of hydrogen-bond acceptors (Lipinski definition) is 25. The van der Waals surface area contributed by atoms with Gasteiger partial charge in [0.25, 0.3) is 5.69 Å². The van der Waals surface area contributed by atoms with Crippen LogP contribution in [-0.2, 0) is 33.2 Å². The SMILES string of the molecule is C.NCC1OC(OC2C(N)CC(N)C(O)C2O[C@@H]2O[C@H](CSCSCC(=O)N[C@H](CO)[C@H](O)c3ccc([N+](=O)[O-])cc3)C(OC3OC(CN)C(O)C(O)C3N)[C@@H]2O)C(N)C(O)C1O. The van der Waals surface area contributed by atoms with E-state index in [2.05, 4.69) is 5.32 Å². The molecule has 4 fully saturated rings. The Morgan fingerprint density at radius 1 is 0.762 bits per heavy atom. The van der Waals surface area contributed by atoms with Crippen LogP contribution in [0, 0.1) is 10.1 Å². The number of amides is 1. The van der Waals surface area contributed by atoms with Gasteiger partial charge in [-0.2, -0.15) is 0 Å². The Hall–Kier alpha value is -2.01. The summed E-state index contributed by atoms with van der Waals surface area (Å²) in [7, 11) is 0. The second-order valence-corrected chi connectivity index (χ2v) is 17.9. The highest BCUT2D eigenvalue weighted by molar-refractivity contribution is 8.16. The van der Waals surface area contributed by atoms with Crippen molar-refractivity contribution >= 4 is 35.1 Å². The summed E-state index contributed by atoms with van der Waals surface area (Å²) in [6.45, 7) is -1.03. The number of nitrogens with two attached hydrogens (primary N) is 6. The molecule has 1 amide bonds. The van der Waals surface area contributed by atoms with E-state index in [0.29, 0.717) is 0 Å². The molecule has 362 valence electrons. The van der Waals surface area contributed by atoms with E-state index in [1.54, 1.807) is 0 Å². The number of nitro benzene ring substituents is 1. The van der Waals surface area contributed by atoms with Crippen LogP contribution in [0.2, 0.25) is 0 Å². The molecule has 16 unspecified atom stereocenters. The largest absolute Gasteiger partial charge is 0.394 e. The van der Waals surface area contributed by atoms with Gasteiger partial charge in [0.1, 0.15) is 67.1 Å². The zero-order valence-electron chi connectivity index (χ0n) is 33.4. The lowest BCUT2D eigenvalue weighted by Gasteiger charge is -2.47. The highest BCUT2D eigenvalue weighted by Crippen LogP contribution is 2.36. The number of rotatable bonds is 19. The summed E-state index contributed by atoms with van der Waals surface area (Å²) in [5.41, 5.74) is 36.5. The number of non-ortho nitro benzene ring substituents is 1.